The Bertz CT molecular complexity index is 2240. The standard InChI is InChI=1S/C48H61N5O8S/c1-4-61-44-27-37(9-13-43(44)60-2)42(31-62(3,58)59)53-47(56)40-11-10-38(28-41(40)48(53)57)52-25-17-33(18-26-52)30-50-21-15-32(16-22-50)29-51-23-19-35(20-24-51)34-5-7-36(8-6-34)39-12-14-45(54)49-46(39)55/h5-11,13,27-28,32-33,35,39,42H,4,12,14-26,29-31H2,1-3H3,(H,49,54,55)/t39?,42-/m1/s1. The van der Waals surface area contributed by atoms with E-state index in [-0.39, 0.29) is 23.3 Å². The van der Waals surface area contributed by atoms with Gasteiger partial charge in [-0.15, -0.1) is 0 Å². The number of carbonyl (C=O) groups is 4. The van der Waals surface area contributed by atoms with Gasteiger partial charge >= 0.3 is 0 Å². The number of imide groups is 2. The third-order valence-corrected chi connectivity index (χ3v) is 14.8. The highest BCUT2D eigenvalue weighted by Gasteiger charge is 2.42. The molecule has 8 rings (SSSR count). The zero-order valence-corrected chi connectivity index (χ0v) is 37.2. The molecule has 0 bridgehead atoms. The Morgan fingerprint density at radius 1 is 0.710 bits per heavy atom. The van der Waals surface area contributed by atoms with Crippen molar-refractivity contribution in [3.8, 4) is 11.5 Å². The predicted octanol–water partition coefficient (Wildman–Crippen LogP) is 5.80. The van der Waals surface area contributed by atoms with Crippen LogP contribution in [0.25, 0.3) is 0 Å². The molecular formula is C48H61N5O8S. The molecule has 13 nitrogen and oxygen atoms in total. The average Bonchev–Trinajstić information content (AvgIpc) is 3.51. The second-order valence-corrected chi connectivity index (χ2v) is 20.3. The van der Waals surface area contributed by atoms with E-state index in [1.165, 1.54) is 32.1 Å². The van der Waals surface area contributed by atoms with Crippen LogP contribution in [0.2, 0.25) is 0 Å². The number of anilines is 1. The van der Waals surface area contributed by atoms with E-state index in [1.54, 1.807) is 24.3 Å². The Morgan fingerprint density at radius 2 is 1.32 bits per heavy atom. The first-order chi connectivity index (χ1) is 29.9. The number of nitrogens with one attached hydrogen (secondary N) is 1. The highest BCUT2D eigenvalue weighted by atomic mass is 32.2. The lowest BCUT2D eigenvalue weighted by Crippen LogP contribution is -2.44. The maximum Gasteiger partial charge on any atom is 0.262 e. The van der Waals surface area contributed by atoms with Crippen molar-refractivity contribution in [1.29, 1.82) is 0 Å². The van der Waals surface area contributed by atoms with E-state index in [1.807, 2.05) is 19.1 Å². The predicted molar refractivity (Wildman–Crippen MR) is 238 cm³/mol. The van der Waals surface area contributed by atoms with Crippen LogP contribution >= 0.6 is 0 Å². The summed E-state index contributed by atoms with van der Waals surface area (Å²) in [6.07, 6.45) is 8.98. The van der Waals surface area contributed by atoms with Crippen molar-refractivity contribution in [2.24, 2.45) is 11.8 Å². The number of methoxy groups -OCH3 is 1. The first-order valence-electron chi connectivity index (χ1n) is 22.5. The first-order valence-corrected chi connectivity index (χ1v) is 24.6. The minimum absolute atomic E-state index is 0.176. The number of fused-ring (bicyclic) bond motifs is 1. The normalized spacial score (nSPS) is 21.9. The van der Waals surface area contributed by atoms with Gasteiger partial charge in [-0.25, -0.2) is 8.42 Å². The molecule has 4 saturated heterocycles. The van der Waals surface area contributed by atoms with E-state index in [4.69, 9.17) is 9.47 Å². The zero-order valence-electron chi connectivity index (χ0n) is 36.4. The number of likely N-dealkylation sites (tertiary alicyclic amines) is 2. The Labute approximate surface area is 366 Å². The van der Waals surface area contributed by atoms with Gasteiger partial charge in [-0.3, -0.25) is 29.4 Å². The van der Waals surface area contributed by atoms with Crippen LogP contribution in [0, 0.1) is 11.8 Å². The molecular weight excluding hydrogens is 807 g/mol. The summed E-state index contributed by atoms with van der Waals surface area (Å²) < 4.78 is 36.5. The minimum atomic E-state index is -3.59. The molecule has 2 atom stereocenters. The molecule has 62 heavy (non-hydrogen) atoms. The Balaban J connectivity index is 0.790. The molecule has 0 spiro atoms. The number of rotatable bonds is 14. The van der Waals surface area contributed by atoms with Crippen molar-refractivity contribution < 1.29 is 37.1 Å². The minimum Gasteiger partial charge on any atom is -0.493 e. The van der Waals surface area contributed by atoms with Gasteiger partial charge in [0.25, 0.3) is 11.8 Å². The van der Waals surface area contributed by atoms with Gasteiger partial charge in [0.2, 0.25) is 11.8 Å². The van der Waals surface area contributed by atoms with Crippen LogP contribution in [0.4, 0.5) is 5.69 Å². The van der Waals surface area contributed by atoms with Gasteiger partial charge in [0, 0.05) is 44.5 Å². The summed E-state index contributed by atoms with van der Waals surface area (Å²) in [4.78, 5) is 60.4. The van der Waals surface area contributed by atoms with Gasteiger partial charge in [0.15, 0.2) is 11.5 Å². The maximum absolute atomic E-state index is 14.0. The summed E-state index contributed by atoms with van der Waals surface area (Å²) in [7, 11) is -2.08. The van der Waals surface area contributed by atoms with Crippen molar-refractivity contribution in [3.05, 3.63) is 88.5 Å². The van der Waals surface area contributed by atoms with Gasteiger partial charge in [-0.1, -0.05) is 30.3 Å². The maximum atomic E-state index is 14.0. The Morgan fingerprint density at radius 3 is 1.94 bits per heavy atom. The third kappa shape index (κ3) is 9.87. The molecule has 0 radical (unpaired) electrons. The molecule has 0 aliphatic carbocycles. The van der Waals surface area contributed by atoms with Gasteiger partial charge < -0.3 is 24.2 Å². The second kappa shape index (κ2) is 18.9. The molecule has 1 unspecified atom stereocenters. The zero-order chi connectivity index (χ0) is 43.5. The number of amides is 4. The molecule has 5 heterocycles. The van der Waals surface area contributed by atoms with Gasteiger partial charge in [0.1, 0.15) is 9.84 Å². The van der Waals surface area contributed by atoms with Crippen LogP contribution in [-0.4, -0.2) is 125 Å². The molecule has 3 aromatic carbocycles. The van der Waals surface area contributed by atoms with E-state index in [2.05, 4.69) is 44.3 Å². The molecule has 0 aromatic heterocycles. The fraction of sp³-hybridized carbons (Fsp3) is 0.542. The van der Waals surface area contributed by atoms with Crippen LogP contribution in [0.15, 0.2) is 60.7 Å². The topological polar surface area (TPSA) is 146 Å². The molecule has 1 N–H and O–H groups in total. The fourth-order valence-corrected chi connectivity index (χ4v) is 11.3. The van der Waals surface area contributed by atoms with Gasteiger partial charge in [-0.05, 0) is 143 Å². The molecule has 3 aromatic rings. The summed E-state index contributed by atoms with van der Waals surface area (Å²) in [5, 5.41) is 2.47. The van der Waals surface area contributed by atoms with Crippen LogP contribution in [0.3, 0.4) is 0 Å². The average molecular weight is 868 g/mol. The number of nitrogens with zero attached hydrogens (tertiary/aromatic N) is 4. The summed E-state index contributed by atoms with van der Waals surface area (Å²) in [6, 6.07) is 18.0. The van der Waals surface area contributed by atoms with Crippen LogP contribution in [0.1, 0.15) is 114 Å². The molecule has 0 saturated carbocycles. The summed E-state index contributed by atoms with van der Waals surface area (Å²) >= 11 is 0. The van der Waals surface area contributed by atoms with E-state index in [0.29, 0.717) is 53.9 Å². The monoisotopic (exact) mass is 867 g/mol. The summed E-state index contributed by atoms with van der Waals surface area (Å²) in [6.45, 7) is 10.7. The lowest BCUT2D eigenvalue weighted by atomic mass is 9.85. The number of sulfone groups is 1. The Hall–Kier alpha value is -4.79. The summed E-state index contributed by atoms with van der Waals surface area (Å²) in [5.41, 5.74) is 4.32. The van der Waals surface area contributed by atoms with Crippen molar-refractivity contribution >= 4 is 39.2 Å². The van der Waals surface area contributed by atoms with E-state index < -0.39 is 33.4 Å². The van der Waals surface area contributed by atoms with Crippen molar-refractivity contribution in [1.82, 2.24) is 20.0 Å². The number of hydrogen-bond donors (Lipinski definition) is 1. The number of piperidine rings is 4. The third-order valence-electron chi connectivity index (χ3n) is 13.9. The van der Waals surface area contributed by atoms with E-state index in [0.717, 1.165) is 99.8 Å². The molecule has 5 aliphatic rings. The second-order valence-electron chi connectivity index (χ2n) is 18.1. The van der Waals surface area contributed by atoms with Gasteiger partial charge in [0.05, 0.1) is 42.6 Å². The van der Waals surface area contributed by atoms with Crippen molar-refractivity contribution in [2.75, 3.05) is 83.0 Å². The highest BCUT2D eigenvalue weighted by molar-refractivity contribution is 7.90. The highest BCUT2D eigenvalue weighted by Crippen LogP contribution is 2.39. The summed E-state index contributed by atoms with van der Waals surface area (Å²) in [5.74, 6) is 0.774. The molecule has 14 heteroatoms. The molecule has 4 fully saturated rings. The number of benzene rings is 3. The number of hydrogen-bond acceptors (Lipinski definition) is 11. The SMILES string of the molecule is CCOc1cc([C@@H](CS(C)(=O)=O)N2C(=O)c3ccc(N4CCC(CN5CCC(CN6CCC(c7ccc(C8CCC(=O)NC8=O)cc7)CC6)CC5)CC4)cc3C2=O)ccc1OC. The largest absolute Gasteiger partial charge is 0.493 e. The van der Waals surface area contributed by atoms with Crippen LogP contribution in [-0.2, 0) is 19.4 Å². The van der Waals surface area contributed by atoms with Crippen molar-refractivity contribution in [2.45, 2.75) is 76.2 Å². The molecule has 332 valence electrons. The lowest BCUT2D eigenvalue weighted by molar-refractivity contribution is -0.134. The lowest BCUT2D eigenvalue weighted by Gasteiger charge is -2.40. The van der Waals surface area contributed by atoms with E-state index in [9.17, 15) is 27.6 Å². The molecule has 5 aliphatic heterocycles. The fourth-order valence-electron chi connectivity index (χ4n) is 10.4. The van der Waals surface area contributed by atoms with Crippen LogP contribution < -0.4 is 19.7 Å². The molecule has 4 amide bonds. The number of carbonyl (C=O) groups excluding carboxylic acids is 4. The Kier molecular flexibility index (Phi) is 13.4. The van der Waals surface area contributed by atoms with Gasteiger partial charge in [-0.2, -0.15) is 0 Å². The number of ether oxygens (including phenoxy) is 2. The quantitative estimate of drug-likeness (QED) is 0.196. The smallest absolute Gasteiger partial charge is 0.262 e. The first kappa shape index (κ1) is 43.8. The van der Waals surface area contributed by atoms with E-state index >= 15 is 0 Å². The van der Waals surface area contributed by atoms with Crippen molar-refractivity contribution in [3.63, 3.8) is 0 Å². The van der Waals surface area contributed by atoms with Crippen LogP contribution in [0.5, 0.6) is 11.5 Å².